The van der Waals surface area contributed by atoms with Crippen LogP contribution in [0.5, 0.6) is 0 Å². The first-order chi connectivity index (χ1) is 15.3. The number of halogens is 4. The van der Waals surface area contributed by atoms with E-state index >= 15 is 0 Å². The van der Waals surface area contributed by atoms with Gasteiger partial charge in [-0.05, 0) is 49.2 Å². The van der Waals surface area contributed by atoms with E-state index in [-0.39, 0.29) is 17.3 Å². The molecule has 1 aliphatic carbocycles. The number of imidazole rings is 1. The second-order valence-electron chi connectivity index (χ2n) is 7.49. The molecule has 0 amide bonds. The normalized spacial score (nSPS) is 13.8. The fourth-order valence-electron chi connectivity index (χ4n) is 3.46. The third kappa shape index (κ3) is 3.73. The van der Waals surface area contributed by atoms with Crippen molar-refractivity contribution in [2.24, 2.45) is 0 Å². The van der Waals surface area contributed by atoms with Crippen molar-refractivity contribution < 1.29 is 17.6 Å². The summed E-state index contributed by atoms with van der Waals surface area (Å²) in [6.07, 6.45) is -1.48. The zero-order valence-corrected chi connectivity index (χ0v) is 16.4. The van der Waals surface area contributed by atoms with Crippen LogP contribution in [0.4, 0.5) is 29.1 Å². The van der Waals surface area contributed by atoms with Crippen LogP contribution in [0.1, 0.15) is 35.7 Å². The van der Waals surface area contributed by atoms with Gasteiger partial charge in [0.1, 0.15) is 23.3 Å². The fourth-order valence-corrected chi connectivity index (χ4v) is 3.46. The summed E-state index contributed by atoms with van der Waals surface area (Å²) in [5.74, 6) is 0.940. The molecule has 32 heavy (non-hydrogen) atoms. The molecule has 160 valence electrons. The number of anilines is 2. The van der Waals surface area contributed by atoms with Crippen LogP contribution in [0, 0.1) is 17.1 Å². The van der Waals surface area contributed by atoms with Crippen LogP contribution in [0.2, 0.25) is 0 Å². The van der Waals surface area contributed by atoms with E-state index < -0.39 is 17.6 Å². The number of alkyl halides is 3. The number of benzene rings is 1. The van der Waals surface area contributed by atoms with Gasteiger partial charge >= 0.3 is 6.18 Å². The van der Waals surface area contributed by atoms with Crippen molar-refractivity contribution in [2.45, 2.75) is 24.9 Å². The molecule has 3 heterocycles. The molecule has 0 bridgehead atoms. The van der Waals surface area contributed by atoms with Gasteiger partial charge in [0, 0.05) is 17.7 Å². The van der Waals surface area contributed by atoms with Gasteiger partial charge in [0.25, 0.3) is 0 Å². The average molecular weight is 438 g/mol. The first-order valence-corrected chi connectivity index (χ1v) is 9.72. The largest absolute Gasteiger partial charge is 0.416 e. The van der Waals surface area contributed by atoms with E-state index in [0.717, 1.165) is 31.2 Å². The summed E-state index contributed by atoms with van der Waals surface area (Å²) in [4.78, 5) is 13.1. The highest BCUT2D eigenvalue weighted by Gasteiger charge is 2.31. The second-order valence-corrected chi connectivity index (χ2v) is 7.49. The van der Waals surface area contributed by atoms with Gasteiger partial charge in [-0.25, -0.2) is 19.3 Å². The Hall–Kier alpha value is -4.00. The highest BCUT2D eigenvalue weighted by molar-refractivity contribution is 5.75. The van der Waals surface area contributed by atoms with Crippen molar-refractivity contribution in [2.75, 3.05) is 5.32 Å². The van der Waals surface area contributed by atoms with E-state index in [9.17, 15) is 22.8 Å². The predicted octanol–water partition coefficient (Wildman–Crippen LogP) is 5.47. The maximum Gasteiger partial charge on any atom is 0.416 e. The van der Waals surface area contributed by atoms with Crippen molar-refractivity contribution in [3.05, 3.63) is 71.4 Å². The van der Waals surface area contributed by atoms with Crippen LogP contribution in [0.3, 0.4) is 0 Å². The van der Waals surface area contributed by atoms with Gasteiger partial charge in [-0.3, -0.25) is 4.57 Å². The molecule has 10 heteroatoms. The minimum Gasteiger partial charge on any atom is -0.340 e. The average Bonchev–Trinajstić information content (AvgIpc) is 3.54. The fraction of sp³-hybridized carbons (Fsp3) is 0.182. The Morgan fingerprint density at radius 1 is 1.06 bits per heavy atom. The maximum atomic E-state index is 13.9. The summed E-state index contributed by atoms with van der Waals surface area (Å²) < 4.78 is 54.0. The van der Waals surface area contributed by atoms with Crippen LogP contribution in [-0.2, 0) is 6.18 Å². The highest BCUT2D eigenvalue weighted by Crippen LogP contribution is 2.41. The van der Waals surface area contributed by atoms with Crippen LogP contribution in [0.15, 0.2) is 48.7 Å². The van der Waals surface area contributed by atoms with Gasteiger partial charge in [-0.15, -0.1) is 0 Å². The van der Waals surface area contributed by atoms with Crippen LogP contribution < -0.4 is 5.32 Å². The molecule has 4 aromatic rings. The Labute approximate surface area is 179 Å². The Balaban J connectivity index is 1.58. The lowest BCUT2D eigenvalue weighted by molar-refractivity contribution is -0.137. The molecule has 0 atom stereocenters. The smallest absolute Gasteiger partial charge is 0.340 e. The first-order valence-electron chi connectivity index (χ1n) is 9.72. The number of nitrogens with one attached hydrogen (secondary N) is 1. The highest BCUT2D eigenvalue weighted by atomic mass is 19.4. The Morgan fingerprint density at radius 3 is 2.47 bits per heavy atom. The van der Waals surface area contributed by atoms with E-state index in [0.29, 0.717) is 28.5 Å². The van der Waals surface area contributed by atoms with Crippen molar-refractivity contribution in [1.29, 1.82) is 5.26 Å². The van der Waals surface area contributed by atoms with Crippen LogP contribution in [-0.4, -0.2) is 19.5 Å². The molecule has 1 aliphatic rings. The number of nitrogens with zero attached hydrogens (tertiary/aromatic N) is 5. The minimum absolute atomic E-state index is 0.186. The molecular weight excluding hydrogens is 424 g/mol. The molecule has 1 fully saturated rings. The van der Waals surface area contributed by atoms with Gasteiger partial charge < -0.3 is 5.32 Å². The summed E-state index contributed by atoms with van der Waals surface area (Å²) in [5, 5.41) is 12.4. The first kappa shape index (κ1) is 19.9. The second kappa shape index (κ2) is 7.30. The zero-order chi connectivity index (χ0) is 22.5. The van der Waals surface area contributed by atoms with Crippen molar-refractivity contribution in [3.8, 4) is 11.9 Å². The molecule has 0 aliphatic heterocycles. The zero-order valence-electron chi connectivity index (χ0n) is 16.4. The molecule has 0 unspecified atom stereocenters. The number of hydrogen-bond acceptors (Lipinski definition) is 5. The van der Waals surface area contributed by atoms with Crippen molar-refractivity contribution >= 4 is 22.7 Å². The lowest BCUT2D eigenvalue weighted by atomic mass is 10.2. The monoisotopic (exact) mass is 438 g/mol. The minimum atomic E-state index is -4.43. The molecule has 0 radical (unpaired) electrons. The number of rotatable bonds is 4. The molecule has 3 aromatic heterocycles. The molecular formula is C22H14F4N6. The maximum absolute atomic E-state index is 13.9. The van der Waals surface area contributed by atoms with Gasteiger partial charge in [0.15, 0.2) is 5.65 Å². The number of hydrogen-bond donors (Lipinski definition) is 1. The number of fused-ring (bicyclic) bond motifs is 1. The van der Waals surface area contributed by atoms with Crippen molar-refractivity contribution in [1.82, 2.24) is 19.5 Å². The summed E-state index contributed by atoms with van der Waals surface area (Å²) in [6.45, 7) is 0. The lowest BCUT2D eigenvalue weighted by Crippen LogP contribution is -2.06. The van der Waals surface area contributed by atoms with Gasteiger partial charge in [-0.2, -0.15) is 18.4 Å². The SMILES string of the molecule is N#Cc1cc(Nc2ccc(C(F)(F)F)cc2)nc(-n2c(C3CC3)nc3ncc(F)cc32)c1. The molecule has 5 rings (SSSR count). The van der Waals surface area contributed by atoms with Gasteiger partial charge in [0.2, 0.25) is 0 Å². The molecule has 0 saturated heterocycles. The van der Waals surface area contributed by atoms with E-state index in [4.69, 9.17) is 0 Å². The summed E-state index contributed by atoms with van der Waals surface area (Å²) in [7, 11) is 0. The molecule has 1 N–H and O–H groups in total. The van der Waals surface area contributed by atoms with Crippen LogP contribution in [0.25, 0.3) is 17.0 Å². The van der Waals surface area contributed by atoms with Gasteiger partial charge in [-0.1, -0.05) is 0 Å². The third-order valence-corrected chi connectivity index (χ3v) is 5.10. The third-order valence-electron chi connectivity index (χ3n) is 5.10. The number of nitriles is 1. The summed E-state index contributed by atoms with van der Waals surface area (Å²) in [6, 6.07) is 10.9. The quantitative estimate of drug-likeness (QED) is 0.428. The summed E-state index contributed by atoms with van der Waals surface area (Å²) in [5.41, 5.74) is 0.676. The Kier molecular flexibility index (Phi) is 4.55. The molecule has 6 nitrogen and oxygen atoms in total. The number of pyridine rings is 2. The van der Waals surface area contributed by atoms with Crippen molar-refractivity contribution in [3.63, 3.8) is 0 Å². The Bertz CT molecular complexity index is 1360. The van der Waals surface area contributed by atoms with E-state index in [1.54, 1.807) is 10.6 Å². The standard InChI is InChI=1S/C22H14F4N6/c23-15-9-17-20(28-11-15)31-21(13-1-2-13)32(17)19-8-12(10-27)7-18(30-19)29-16-5-3-14(4-6-16)22(24,25)26/h3-9,11,13H,1-2H2,(H,29,30). The molecule has 0 spiro atoms. The topological polar surface area (TPSA) is 79.4 Å². The van der Waals surface area contributed by atoms with E-state index in [1.807, 2.05) is 0 Å². The van der Waals surface area contributed by atoms with Gasteiger partial charge in [0.05, 0.1) is 28.9 Å². The molecule has 1 aromatic carbocycles. The predicted molar refractivity (Wildman–Crippen MR) is 108 cm³/mol. The lowest BCUT2D eigenvalue weighted by Gasteiger charge is -2.12. The summed E-state index contributed by atoms with van der Waals surface area (Å²) >= 11 is 0. The van der Waals surface area contributed by atoms with E-state index in [1.165, 1.54) is 24.3 Å². The molecule has 1 saturated carbocycles. The van der Waals surface area contributed by atoms with Crippen LogP contribution >= 0.6 is 0 Å². The van der Waals surface area contributed by atoms with E-state index in [2.05, 4.69) is 26.3 Å². The Morgan fingerprint density at radius 2 is 1.81 bits per heavy atom. The number of aromatic nitrogens is 4.